The van der Waals surface area contributed by atoms with E-state index in [1.54, 1.807) is 0 Å². The van der Waals surface area contributed by atoms with Crippen molar-refractivity contribution < 1.29 is 4.79 Å². The predicted molar refractivity (Wildman–Crippen MR) is 80.1 cm³/mol. The molecule has 6 nitrogen and oxygen atoms in total. The molecule has 1 aliphatic heterocycles. The molecule has 1 aliphatic rings. The number of hydrogen-bond donors (Lipinski definition) is 3. The molecule has 1 fully saturated rings. The van der Waals surface area contributed by atoms with E-state index in [1.807, 2.05) is 14.0 Å². The van der Waals surface area contributed by atoms with Crippen LogP contribution in [-0.4, -0.2) is 35.5 Å². The maximum absolute atomic E-state index is 11.2. The van der Waals surface area contributed by atoms with Gasteiger partial charge in [-0.25, -0.2) is 9.97 Å². The van der Waals surface area contributed by atoms with Crippen molar-refractivity contribution in [3.05, 3.63) is 11.4 Å². The molecule has 2 heterocycles. The quantitative estimate of drug-likeness (QED) is 0.762. The highest BCUT2D eigenvalue weighted by Crippen LogP contribution is 2.23. The molecule has 1 amide bonds. The molecule has 0 radical (unpaired) electrons. The van der Waals surface area contributed by atoms with E-state index in [1.165, 1.54) is 0 Å². The summed E-state index contributed by atoms with van der Waals surface area (Å²) in [6.45, 7) is 6.84. The minimum absolute atomic E-state index is 0.134. The predicted octanol–water partition coefficient (Wildman–Crippen LogP) is 1.64. The van der Waals surface area contributed by atoms with Gasteiger partial charge in [-0.05, 0) is 13.3 Å². The first kappa shape index (κ1) is 14.6. The monoisotopic (exact) mass is 277 g/mol. The van der Waals surface area contributed by atoms with E-state index in [0.717, 1.165) is 29.4 Å². The van der Waals surface area contributed by atoms with Gasteiger partial charge in [-0.3, -0.25) is 4.79 Å². The first-order valence-corrected chi connectivity index (χ1v) is 7.10. The van der Waals surface area contributed by atoms with Crippen LogP contribution in [0.3, 0.4) is 0 Å². The second kappa shape index (κ2) is 6.07. The lowest BCUT2D eigenvalue weighted by molar-refractivity contribution is -0.119. The minimum atomic E-state index is 0.134. The summed E-state index contributed by atoms with van der Waals surface area (Å²) < 4.78 is 0. The Morgan fingerprint density at radius 3 is 2.60 bits per heavy atom. The highest BCUT2D eigenvalue weighted by molar-refractivity contribution is 5.78. The van der Waals surface area contributed by atoms with Gasteiger partial charge in [0.1, 0.15) is 17.5 Å². The van der Waals surface area contributed by atoms with Crippen molar-refractivity contribution in [3.8, 4) is 0 Å². The van der Waals surface area contributed by atoms with E-state index in [9.17, 15) is 4.79 Å². The summed E-state index contributed by atoms with van der Waals surface area (Å²) in [6.07, 6.45) is 1.50. The second-order valence-corrected chi connectivity index (χ2v) is 5.49. The van der Waals surface area contributed by atoms with Crippen LogP contribution in [0.4, 0.5) is 11.6 Å². The number of nitrogens with zero attached hydrogens (tertiary/aromatic N) is 2. The summed E-state index contributed by atoms with van der Waals surface area (Å²) in [5.41, 5.74) is 1.00. The van der Waals surface area contributed by atoms with Crippen molar-refractivity contribution in [1.29, 1.82) is 0 Å². The maximum atomic E-state index is 11.2. The summed E-state index contributed by atoms with van der Waals surface area (Å²) in [4.78, 5) is 20.3. The third-order valence-corrected chi connectivity index (χ3v) is 3.52. The zero-order chi connectivity index (χ0) is 14.7. The molecular formula is C14H23N5O. The number of carbonyl (C=O) groups is 1. The van der Waals surface area contributed by atoms with Gasteiger partial charge in [0.2, 0.25) is 5.91 Å². The van der Waals surface area contributed by atoms with Crippen LogP contribution in [0.5, 0.6) is 0 Å². The lowest BCUT2D eigenvalue weighted by atomic mass is 10.2. The number of hydrogen-bond acceptors (Lipinski definition) is 5. The molecule has 1 aromatic heterocycles. The largest absolute Gasteiger partial charge is 0.373 e. The molecule has 2 rings (SSSR count). The van der Waals surface area contributed by atoms with Gasteiger partial charge in [-0.15, -0.1) is 0 Å². The van der Waals surface area contributed by atoms with Gasteiger partial charge in [0.05, 0.1) is 0 Å². The molecule has 20 heavy (non-hydrogen) atoms. The van der Waals surface area contributed by atoms with Crippen LogP contribution in [-0.2, 0) is 4.79 Å². The van der Waals surface area contributed by atoms with Crippen molar-refractivity contribution in [3.63, 3.8) is 0 Å². The van der Waals surface area contributed by atoms with E-state index in [4.69, 9.17) is 0 Å². The van der Waals surface area contributed by atoms with Crippen LogP contribution in [0.25, 0.3) is 0 Å². The smallest absolute Gasteiger partial charge is 0.220 e. The summed E-state index contributed by atoms with van der Waals surface area (Å²) in [6, 6.07) is 0.192. The fraction of sp³-hybridized carbons (Fsp3) is 0.643. The summed E-state index contributed by atoms with van der Waals surface area (Å²) in [5.74, 6) is 2.91. The average Bonchev–Trinajstić information content (AvgIpc) is 2.83. The Kier molecular flexibility index (Phi) is 4.42. The van der Waals surface area contributed by atoms with E-state index in [2.05, 4.69) is 39.8 Å². The van der Waals surface area contributed by atoms with E-state index in [-0.39, 0.29) is 17.9 Å². The number of aromatic nitrogens is 2. The Bertz CT molecular complexity index is 501. The fourth-order valence-electron chi connectivity index (χ4n) is 2.26. The van der Waals surface area contributed by atoms with Crippen LogP contribution in [0.1, 0.15) is 44.0 Å². The second-order valence-electron chi connectivity index (χ2n) is 5.49. The molecule has 1 unspecified atom stereocenters. The van der Waals surface area contributed by atoms with Crippen molar-refractivity contribution in [2.75, 3.05) is 24.2 Å². The van der Waals surface area contributed by atoms with E-state index < -0.39 is 0 Å². The van der Waals surface area contributed by atoms with Crippen molar-refractivity contribution in [2.24, 2.45) is 0 Å². The number of nitrogens with one attached hydrogen (secondary N) is 3. The Labute approximate surface area is 119 Å². The van der Waals surface area contributed by atoms with Crippen LogP contribution in [0, 0.1) is 6.92 Å². The van der Waals surface area contributed by atoms with Crippen LogP contribution in [0.2, 0.25) is 0 Å². The SMILES string of the molecule is CNc1nc(C(C)C)nc(NCC2CCC(=O)N2)c1C. The summed E-state index contributed by atoms with van der Waals surface area (Å²) >= 11 is 0. The number of rotatable bonds is 5. The standard InChI is InChI=1S/C14H23N5O/c1-8(2)12-18-13(15-4)9(3)14(19-12)16-7-10-5-6-11(20)17-10/h8,10H,5-7H2,1-4H3,(H,17,20)(H2,15,16,18,19). The molecule has 0 aromatic carbocycles. The molecule has 110 valence electrons. The maximum Gasteiger partial charge on any atom is 0.220 e. The number of carbonyl (C=O) groups excluding carboxylic acids is 1. The van der Waals surface area contributed by atoms with Crippen molar-refractivity contribution in [1.82, 2.24) is 15.3 Å². The van der Waals surface area contributed by atoms with E-state index >= 15 is 0 Å². The highest BCUT2D eigenvalue weighted by atomic mass is 16.1. The van der Waals surface area contributed by atoms with Gasteiger partial charge in [0, 0.05) is 37.5 Å². The van der Waals surface area contributed by atoms with Crippen molar-refractivity contribution >= 4 is 17.5 Å². The van der Waals surface area contributed by atoms with Crippen LogP contribution in [0.15, 0.2) is 0 Å². The van der Waals surface area contributed by atoms with Gasteiger partial charge in [-0.2, -0.15) is 0 Å². The highest BCUT2D eigenvalue weighted by Gasteiger charge is 2.21. The van der Waals surface area contributed by atoms with Gasteiger partial charge in [-0.1, -0.05) is 13.8 Å². The minimum Gasteiger partial charge on any atom is -0.373 e. The van der Waals surface area contributed by atoms with Crippen molar-refractivity contribution in [2.45, 2.75) is 45.6 Å². The first-order valence-electron chi connectivity index (χ1n) is 7.10. The molecule has 1 aromatic rings. The fourth-order valence-corrected chi connectivity index (χ4v) is 2.26. The molecule has 3 N–H and O–H groups in total. The Morgan fingerprint density at radius 2 is 2.05 bits per heavy atom. The molecular weight excluding hydrogens is 254 g/mol. The molecule has 0 bridgehead atoms. The third-order valence-electron chi connectivity index (χ3n) is 3.52. The third kappa shape index (κ3) is 3.18. The normalized spacial score (nSPS) is 18.2. The van der Waals surface area contributed by atoms with E-state index in [0.29, 0.717) is 13.0 Å². The van der Waals surface area contributed by atoms with Crippen LogP contribution >= 0.6 is 0 Å². The number of amides is 1. The number of anilines is 2. The summed E-state index contributed by atoms with van der Waals surface area (Å²) in [7, 11) is 1.86. The topological polar surface area (TPSA) is 78.9 Å². The van der Waals surface area contributed by atoms with Crippen LogP contribution < -0.4 is 16.0 Å². The zero-order valence-electron chi connectivity index (χ0n) is 12.6. The molecule has 1 saturated heterocycles. The Balaban J connectivity index is 2.13. The Hall–Kier alpha value is -1.85. The lowest BCUT2D eigenvalue weighted by Gasteiger charge is -2.17. The molecule has 0 aliphatic carbocycles. The molecule has 6 heteroatoms. The summed E-state index contributed by atoms with van der Waals surface area (Å²) in [5, 5.41) is 9.39. The van der Waals surface area contributed by atoms with Gasteiger partial charge in [0.25, 0.3) is 0 Å². The molecule has 1 atom stereocenters. The Morgan fingerprint density at radius 1 is 1.35 bits per heavy atom. The van der Waals surface area contributed by atoms with Gasteiger partial charge in [0.15, 0.2) is 0 Å². The van der Waals surface area contributed by atoms with Gasteiger partial charge < -0.3 is 16.0 Å². The zero-order valence-corrected chi connectivity index (χ0v) is 12.6. The molecule has 0 saturated carbocycles. The first-order chi connectivity index (χ1) is 9.51. The lowest BCUT2D eigenvalue weighted by Crippen LogP contribution is -2.32. The van der Waals surface area contributed by atoms with Gasteiger partial charge >= 0.3 is 0 Å². The molecule has 0 spiro atoms. The average molecular weight is 277 g/mol.